The van der Waals surface area contributed by atoms with Crippen LogP contribution in [0, 0.1) is 0 Å². The third kappa shape index (κ3) is 3.53. The van der Waals surface area contributed by atoms with Gasteiger partial charge in [0.1, 0.15) is 0 Å². The highest BCUT2D eigenvalue weighted by Gasteiger charge is 2.15. The van der Waals surface area contributed by atoms with Gasteiger partial charge in [-0.2, -0.15) is 4.98 Å². The van der Waals surface area contributed by atoms with E-state index in [0.717, 1.165) is 15.7 Å². The molecule has 0 fully saturated rings. The van der Waals surface area contributed by atoms with Crippen LogP contribution in [-0.4, -0.2) is 29.3 Å². The zero-order valence-corrected chi connectivity index (χ0v) is 15.0. The van der Waals surface area contributed by atoms with E-state index in [2.05, 4.69) is 31.1 Å². The number of aromatic nitrogens is 3. The zero-order valence-electron chi connectivity index (χ0n) is 12.6. The summed E-state index contributed by atoms with van der Waals surface area (Å²) >= 11 is 5.09. The molecule has 2 aromatic heterocycles. The molecule has 0 unspecified atom stereocenters. The molecule has 120 valence electrons. The number of rotatable bonds is 6. The molecule has 0 amide bonds. The summed E-state index contributed by atoms with van der Waals surface area (Å²) in [6.45, 7) is 0. The standard InChI is InChI=1S/C15H14BrN3O3S/c1-20-11-4-3-9(14(16)15(11)21-2)5-12-18-13(22-19-12)6-10-7-23-8-17-10/h3-4,7-8H,5-6H2,1-2H3. The molecule has 6 nitrogen and oxygen atoms in total. The molecular weight excluding hydrogens is 382 g/mol. The van der Waals surface area contributed by atoms with Crippen LogP contribution in [0.15, 0.2) is 32.0 Å². The number of halogens is 1. The van der Waals surface area contributed by atoms with Crippen molar-refractivity contribution in [2.45, 2.75) is 12.8 Å². The van der Waals surface area contributed by atoms with Crippen molar-refractivity contribution in [2.24, 2.45) is 0 Å². The predicted octanol–water partition coefficient (Wildman–Crippen LogP) is 3.49. The quantitative estimate of drug-likeness (QED) is 0.635. The van der Waals surface area contributed by atoms with Gasteiger partial charge in [-0.25, -0.2) is 4.98 Å². The average Bonchev–Trinajstić information content (AvgIpc) is 3.21. The first-order valence-corrected chi connectivity index (χ1v) is 8.52. The van der Waals surface area contributed by atoms with Crippen LogP contribution in [0.2, 0.25) is 0 Å². The molecule has 3 rings (SSSR count). The van der Waals surface area contributed by atoms with E-state index in [4.69, 9.17) is 14.0 Å². The lowest BCUT2D eigenvalue weighted by atomic mass is 10.1. The number of hydrogen-bond acceptors (Lipinski definition) is 7. The van der Waals surface area contributed by atoms with Crippen molar-refractivity contribution in [3.05, 3.63) is 50.5 Å². The first-order chi connectivity index (χ1) is 11.2. The Morgan fingerprint density at radius 3 is 2.78 bits per heavy atom. The smallest absolute Gasteiger partial charge is 0.232 e. The number of benzene rings is 1. The Kier molecular flexibility index (Phi) is 4.92. The molecule has 8 heteroatoms. The van der Waals surface area contributed by atoms with Gasteiger partial charge in [0.2, 0.25) is 5.89 Å². The van der Waals surface area contributed by atoms with E-state index in [-0.39, 0.29) is 0 Å². The fourth-order valence-corrected chi connectivity index (χ4v) is 3.34. The van der Waals surface area contributed by atoms with Crippen LogP contribution in [0.4, 0.5) is 0 Å². The van der Waals surface area contributed by atoms with Gasteiger partial charge in [-0.1, -0.05) is 11.2 Å². The molecule has 0 aliphatic carbocycles. The Morgan fingerprint density at radius 1 is 1.22 bits per heavy atom. The fourth-order valence-electron chi connectivity index (χ4n) is 2.15. The van der Waals surface area contributed by atoms with E-state index in [1.807, 2.05) is 17.5 Å². The Balaban J connectivity index is 1.78. The summed E-state index contributed by atoms with van der Waals surface area (Å²) < 4.78 is 16.8. The second-order valence-electron chi connectivity index (χ2n) is 4.71. The van der Waals surface area contributed by atoms with Crippen LogP contribution in [0.25, 0.3) is 0 Å². The monoisotopic (exact) mass is 395 g/mol. The maximum Gasteiger partial charge on any atom is 0.232 e. The summed E-state index contributed by atoms with van der Waals surface area (Å²) in [7, 11) is 3.21. The highest BCUT2D eigenvalue weighted by atomic mass is 79.9. The summed E-state index contributed by atoms with van der Waals surface area (Å²) in [6, 6.07) is 3.80. The molecule has 0 aliphatic heterocycles. The molecule has 0 spiro atoms. The van der Waals surface area contributed by atoms with E-state index in [1.54, 1.807) is 31.1 Å². The van der Waals surface area contributed by atoms with Crippen LogP contribution < -0.4 is 9.47 Å². The largest absolute Gasteiger partial charge is 0.493 e. The normalized spacial score (nSPS) is 10.7. The highest BCUT2D eigenvalue weighted by molar-refractivity contribution is 9.10. The second kappa shape index (κ2) is 7.10. The number of nitrogens with zero attached hydrogens (tertiary/aromatic N) is 3. The summed E-state index contributed by atoms with van der Waals surface area (Å²) in [4.78, 5) is 8.63. The summed E-state index contributed by atoms with van der Waals surface area (Å²) in [5, 5.41) is 5.99. The molecule has 0 atom stereocenters. The molecule has 0 saturated carbocycles. The van der Waals surface area contributed by atoms with Crippen LogP contribution in [0.1, 0.15) is 23.0 Å². The summed E-state index contributed by atoms with van der Waals surface area (Å²) in [6.07, 6.45) is 1.07. The lowest BCUT2D eigenvalue weighted by Crippen LogP contribution is -1.97. The van der Waals surface area contributed by atoms with Crippen molar-refractivity contribution in [2.75, 3.05) is 14.2 Å². The molecule has 23 heavy (non-hydrogen) atoms. The Morgan fingerprint density at radius 2 is 2.09 bits per heavy atom. The molecule has 2 heterocycles. The molecule has 3 aromatic rings. The highest BCUT2D eigenvalue weighted by Crippen LogP contribution is 2.38. The van der Waals surface area contributed by atoms with Gasteiger partial charge in [0.05, 0.1) is 36.3 Å². The van der Waals surface area contributed by atoms with Gasteiger partial charge >= 0.3 is 0 Å². The van der Waals surface area contributed by atoms with Gasteiger partial charge in [-0.05, 0) is 27.6 Å². The minimum atomic E-state index is 0.529. The lowest BCUT2D eigenvalue weighted by molar-refractivity contribution is 0.352. The third-order valence-corrected chi connectivity index (χ3v) is 4.74. The zero-order chi connectivity index (χ0) is 16.2. The van der Waals surface area contributed by atoms with Gasteiger partial charge < -0.3 is 14.0 Å². The topological polar surface area (TPSA) is 70.3 Å². The molecule has 0 N–H and O–H groups in total. The van der Waals surface area contributed by atoms with Crippen molar-refractivity contribution in [1.29, 1.82) is 0 Å². The lowest BCUT2D eigenvalue weighted by Gasteiger charge is -2.12. The van der Waals surface area contributed by atoms with E-state index in [1.165, 1.54) is 0 Å². The van der Waals surface area contributed by atoms with Crippen LogP contribution in [0.3, 0.4) is 0 Å². The SMILES string of the molecule is COc1ccc(Cc2noc(Cc3cscn3)n2)c(Br)c1OC. The van der Waals surface area contributed by atoms with Gasteiger partial charge in [-0.15, -0.1) is 11.3 Å². The molecular formula is C15H14BrN3O3S. The fraction of sp³-hybridized carbons (Fsp3) is 0.267. The number of hydrogen-bond donors (Lipinski definition) is 0. The minimum absolute atomic E-state index is 0.529. The maximum absolute atomic E-state index is 5.38. The van der Waals surface area contributed by atoms with Crippen LogP contribution in [0.5, 0.6) is 11.5 Å². The Hall–Kier alpha value is -1.93. The second-order valence-corrected chi connectivity index (χ2v) is 6.22. The molecule has 0 aliphatic rings. The van der Waals surface area contributed by atoms with Crippen molar-refractivity contribution in [1.82, 2.24) is 15.1 Å². The average molecular weight is 396 g/mol. The summed E-state index contributed by atoms with van der Waals surface area (Å²) in [5.74, 6) is 2.49. The van der Waals surface area contributed by atoms with E-state index in [0.29, 0.717) is 36.1 Å². The molecule has 0 saturated heterocycles. The van der Waals surface area contributed by atoms with Crippen molar-refractivity contribution >= 4 is 27.3 Å². The van der Waals surface area contributed by atoms with Crippen LogP contribution >= 0.6 is 27.3 Å². The number of methoxy groups -OCH3 is 2. The molecule has 0 radical (unpaired) electrons. The summed E-state index contributed by atoms with van der Waals surface area (Å²) in [5.41, 5.74) is 3.70. The predicted molar refractivity (Wildman–Crippen MR) is 89.3 cm³/mol. The third-order valence-electron chi connectivity index (χ3n) is 3.24. The van der Waals surface area contributed by atoms with E-state index >= 15 is 0 Å². The molecule has 1 aromatic carbocycles. The Labute approximate surface area is 145 Å². The van der Waals surface area contributed by atoms with Crippen molar-refractivity contribution < 1.29 is 14.0 Å². The van der Waals surface area contributed by atoms with Gasteiger partial charge in [-0.3, -0.25) is 0 Å². The van der Waals surface area contributed by atoms with Gasteiger partial charge in [0.25, 0.3) is 0 Å². The first-order valence-electron chi connectivity index (χ1n) is 6.79. The maximum atomic E-state index is 5.38. The Bertz CT molecular complexity index is 789. The van der Waals surface area contributed by atoms with Crippen molar-refractivity contribution in [3.63, 3.8) is 0 Å². The minimum Gasteiger partial charge on any atom is -0.493 e. The van der Waals surface area contributed by atoms with Gasteiger partial charge in [0, 0.05) is 11.8 Å². The van der Waals surface area contributed by atoms with Gasteiger partial charge in [0.15, 0.2) is 17.3 Å². The number of ether oxygens (including phenoxy) is 2. The molecule has 0 bridgehead atoms. The van der Waals surface area contributed by atoms with Crippen molar-refractivity contribution in [3.8, 4) is 11.5 Å². The van der Waals surface area contributed by atoms with Crippen LogP contribution in [-0.2, 0) is 12.8 Å². The van der Waals surface area contributed by atoms with E-state index in [9.17, 15) is 0 Å². The van der Waals surface area contributed by atoms with E-state index < -0.39 is 0 Å². The first kappa shape index (κ1) is 15.9. The number of thiazole rings is 1.